The molecule has 3 rings (SSSR count). The number of hydrogen-bond acceptors (Lipinski definition) is 3. The Labute approximate surface area is 122 Å². The van der Waals surface area contributed by atoms with Crippen LogP contribution in [-0.2, 0) is 4.74 Å². The summed E-state index contributed by atoms with van der Waals surface area (Å²) in [4.78, 5) is 0. The number of ether oxygens (including phenoxy) is 2. The molecule has 2 unspecified atom stereocenters. The summed E-state index contributed by atoms with van der Waals surface area (Å²) in [6, 6.07) is 6.65. The van der Waals surface area contributed by atoms with E-state index in [1.807, 2.05) is 6.07 Å². The number of benzene rings is 1. The van der Waals surface area contributed by atoms with Crippen LogP contribution in [0, 0.1) is 0 Å². The van der Waals surface area contributed by atoms with Crippen molar-refractivity contribution < 1.29 is 9.47 Å². The average Bonchev–Trinajstić information content (AvgIpc) is 2.85. The predicted molar refractivity (Wildman–Crippen MR) is 78.6 cm³/mol. The predicted octanol–water partition coefficient (Wildman–Crippen LogP) is 3.43. The molecule has 0 aliphatic carbocycles. The van der Waals surface area contributed by atoms with E-state index in [1.54, 1.807) is 0 Å². The van der Waals surface area contributed by atoms with Crippen molar-refractivity contribution in [1.82, 2.24) is 5.32 Å². The summed E-state index contributed by atoms with van der Waals surface area (Å²) >= 11 is 3.55. The smallest absolute Gasteiger partial charge is 0.136 e. The van der Waals surface area contributed by atoms with Gasteiger partial charge in [0.15, 0.2) is 0 Å². The maximum Gasteiger partial charge on any atom is 0.136 e. The lowest BCUT2D eigenvalue weighted by Gasteiger charge is -2.39. The molecule has 2 atom stereocenters. The number of halogens is 1. The van der Waals surface area contributed by atoms with E-state index in [-0.39, 0.29) is 5.60 Å². The second-order valence-electron chi connectivity index (χ2n) is 5.48. The first-order valence-corrected chi connectivity index (χ1v) is 7.81. The van der Waals surface area contributed by atoms with Gasteiger partial charge >= 0.3 is 0 Å². The van der Waals surface area contributed by atoms with Crippen molar-refractivity contribution in [2.45, 2.75) is 37.8 Å². The van der Waals surface area contributed by atoms with E-state index in [1.165, 1.54) is 5.56 Å². The van der Waals surface area contributed by atoms with Crippen LogP contribution < -0.4 is 10.1 Å². The highest BCUT2D eigenvalue weighted by molar-refractivity contribution is 9.10. The van der Waals surface area contributed by atoms with Crippen LogP contribution in [0.2, 0.25) is 0 Å². The fraction of sp³-hybridized carbons (Fsp3) is 0.600. The lowest BCUT2D eigenvalue weighted by molar-refractivity contribution is 0.0189. The summed E-state index contributed by atoms with van der Waals surface area (Å²) in [5.41, 5.74) is 1.15. The summed E-state index contributed by atoms with van der Waals surface area (Å²) in [5, 5.41) is 3.65. The molecule has 0 amide bonds. The van der Waals surface area contributed by atoms with Gasteiger partial charge in [-0.25, -0.2) is 0 Å². The first-order chi connectivity index (χ1) is 9.22. The van der Waals surface area contributed by atoms with Gasteiger partial charge in [-0.1, -0.05) is 22.9 Å². The topological polar surface area (TPSA) is 30.5 Å². The molecule has 1 N–H and O–H groups in total. The van der Waals surface area contributed by atoms with Crippen LogP contribution in [0.25, 0.3) is 0 Å². The van der Waals surface area contributed by atoms with Gasteiger partial charge in [-0.05, 0) is 31.2 Å². The standard InChI is InChI=1S/C15H20BrNO2/c1-2-6-17-13-9-15(5-7-18-10-15)19-14-4-3-11(16)8-12(13)14/h3-4,8,13,17H,2,5-7,9-10H2,1H3. The molecule has 1 aromatic carbocycles. The third-order valence-corrected chi connectivity index (χ3v) is 4.45. The highest BCUT2D eigenvalue weighted by Crippen LogP contribution is 2.44. The highest BCUT2D eigenvalue weighted by Gasteiger charge is 2.43. The maximum absolute atomic E-state index is 6.26. The second kappa shape index (κ2) is 5.43. The Morgan fingerprint density at radius 2 is 2.37 bits per heavy atom. The molecular formula is C15H20BrNO2. The highest BCUT2D eigenvalue weighted by atomic mass is 79.9. The number of nitrogens with one attached hydrogen (secondary N) is 1. The zero-order valence-corrected chi connectivity index (χ0v) is 12.8. The van der Waals surface area contributed by atoms with Crippen molar-refractivity contribution in [3.63, 3.8) is 0 Å². The summed E-state index contributed by atoms with van der Waals surface area (Å²) in [6.45, 7) is 4.76. The van der Waals surface area contributed by atoms with E-state index in [9.17, 15) is 0 Å². The van der Waals surface area contributed by atoms with Crippen molar-refractivity contribution in [2.75, 3.05) is 19.8 Å². The second-order valence-corrected chi connectivity index (χ2v) is 6.40. The zero-order chi connectivity index (χ0) is 13.3. The molecule has 0 bridgehead atoms. The van der Waals surface area contributed by atoms with Gasteiger partial charge in [0.2, 0.25) is 0 Å². The van der Waals surface area contributed by atoms with Gasteiger partial charge in [0.25, 0.3) is 0 Å². The van der Waals surface area contributed by atoms with Gasteiger partial charge in [-0.2, -0.15) is 0 Å². The first-order valence-electron chi connectivity index (χ1n) is 7.02. The Hall–Kier alpha value is -0.580. The summed E-state index contributed by atoms with van der Waals surface area (Å²) < 4.78 is 12.9. The number of hydrogen-bond donors (Lipinski definition) is 1. The lowest BCUT2D eigenvalue weighted by Crippen LogP contribution is -2.44. The van der Waals surface area contributed by atoms with Crippen LogP contribution in [0.5, 0.6) is 5.75 Å². The monoisotopic (exact) mass is 325 g/mol. The fourth-order valence-electron chi connectivity index (χ4n) is 2.97. The van der Waals surface area contributed by atoms with E-state index < -0.39 is 0 Å². The van der Waals surface area contributed by atoms with Crippen molar-refractivity contribution in [3.8, 4) is 5.75 Å². The van der Waals surface area contributed by atoms with Crippen LogP contribution >= 0.6 is 15.9 Å². The largest absolute Gasteiger partial charge is 0.484 e. The van der Waals surface area contributed by atoms with Crippen LogP contribution in [-0.4, -0.2) is 25.4 Å². The molecule has 1 aromatic rings. The van der Waals surface area contributed by atoms with Gasteiger partial charge in [-0.3, -0.25) is 0 Å². The molecule has 2 heterocycles. The van der Waals surface area contributed by atoms with Gasteiger partial charge < -0.3 is 14.8 Å². The molecule has 1 spiro atoms. The molecule has 3 nitrogen and oxygen atoms in total. The van der Waals surface area contributed by atoms with E-state index in [2.05, 4.69) is 40.3 Å². The average molecular weight is 326 g/mol. The molecule has 4 heteroatoms. The Bertz CT molecular complexity index is 457. The first kappa shape index (κ1) is 13.4. The van der Waals surface area contributed by atoms with Crippen LogP contribution in [0.1, 0.15) is 37.8 Å². The Balaban J connectivity index is 1.91. The molecule has 104 valence electrons. The third kappa shape index (κ3) is 2.67. The summed E-state index contributed by atoms with van der Waals surface area (Å²) in [5.74, 6) is 1.01. The molecule has 0 aromatic heterocycles. The van der Waals surface area contributed by atoms with Crippen molar-refractivity contribution in [1.29, 1.82) is 0 Å². The number of fused-ring (bicyclic) bond motifs is 1. The lowest BCUT2D eigenvalue weighted by atomic mass is 9.86. The quantitative estimate of drug-likeness (QED) is 0.923. The van der Waals surface area contributed by atoms with Crippen molar-refractivity contribution >= 4 is 15.9 Å². The minimum Gasteiger partial charge on any atom is -0.484 e. The molecule has 19 heavy (non-hydrogen) atoms. The van der Waals surface area contributed by atoms with E-state index >= 15 is 0 Å². The van der Waals surface area contributed by atoms with Crippen molar-refractivity contribution in [2.24, 2.45) is 0 Å². The van der Waals surface area contributed by atoms with Gasteiger partial charge in [-0.15, -0.1) is 0 Å². The molecule has 2 aliphatic rings. The molecule has 0 radical (unpaired) electrons. The van der Waals surface area contributed by atoms with Gasteiger partial charge in [0.05, 0.1) is 13.2 Å². The van der Waals surface area contributed by atoms with Gasteiger partial charge in [0.1, 0.15) is 11.4 Å². The Kier molecular flexibility index (Phi) is 3.83. The SMILES string of the molecule is CCCNC1CC2(CCOC2)Oc2ccc(Br)cc21. The molecule has 1 saturated heterocycles. The van der Waals surface area contributed by atoms with Crippen LogP contribution in [0.4, 0.5) is 0 Å². The van der Waals surface area contributed by atoms with Gasteiger partial charge in [0, 0.05) is 28.9 Å². The van der Waals surface area contributed by atoms with E-state index in [0.29, 0.717) is 12.6 Å². The van der Waals surface area contributed by atoms with Crippen LogP contribution in [0.3, 0.4) is 0 Å². The third-order valence-electron chi connectivity index (χ3n) is 3.96. The van der Waals surface area contributed by atoms with Crippen LogP contribution in [0.15, 0.2) is 22.7 Å². The zero-order valence-electron chi connectivity index (χ0n) is 11.2. The molecule has 1 fully saturated rings. The number of rotatable bonds is 3. The maximum atomic E-state index is 6.26. The normalized spacial score (nSPS) is 29.3. The van der Waals surface area contributed by atoms with E-state index in [0.717, 1.165) is 42.6 Å². The molecule has 0 saturated carbocycles. The van der Waals surface area contributed by atoms with Crippen molar-refractivity contribution in [3.05, 3.63) is 28.2 Å². The Morgan fingerprint density at radius 1 is 1.47 bits per heavy atom. The minimum absolute atomic E-state index is 0.119. The fourth-order valence-corrected chi connectivity index (χ4v) is 3.35. The molecular weight excluding hydrogens is 306 g/mol. The summed E-state index contributed by atoms with van der Waals surface area (Å²) in [6.07, 6.45) is 3.13. The molecule has 2 aliphatic heterocycles. The van der Waals surface area contributed by atoms with E-state index in [4.69, 9.17) is 9.47 Å². The summed E-state index contributed by atoms with van der Waals surface area (Å²) in [7, 11) is 0. The Morgan fingerprint density at radius 3 is 3.11 bits per heavy atom. The minimum atomic E-state index is -0.119.